The third-order valence-corrected chi connectivity index (χ3v) is 6.11. The Kier molecular flexibility index (Phi) is 5.10. The van der Waals surface area contributed by atoms with E-state index >= 15 is 0 Å². The van der Waals surface area contributed by atoms with Crippen LogP contribution in [-0.2, 0) is 4.74 Å². The molecule has 2 saturated heterocycles. The van der Waals surface area contributed by atoms with Crippen molar-refractivity contribution in [1.29, 1.82) is 0 Å². The molecule has 0 unspecified atom stereocenters. The first-order valence-electron chi connectivity index (χ1n) is 8.87. The number of fused-ring (bicyclic) bond motifs is 1. The Morgan fingerprint density at radius 3 is 2.88 bits per heavy atom. The van der Waals surface area contributed by atoms with E-state index in [1.165, 1.54) is 16.1 Å². The molecule has 0 radical (unpaired) electrons. The van der Waals surface area contributed by atoms with Crippen LogP contribution >= 0.6 is 11.3 Å². The molecule has 6 heteroatoms. The number of benzene rings is 1. The number of para-hydroxylation sites is 1. The Hall–Kier alpha value is -1.05. The van der Waals surface area contributed by atoms with Gasteiger partial charge in [-0.3, -0.25) is 9.80 Å². The molecule has 2 aromatic rings. The Balaban J connectivity index is 1.40. The van der Waals surface area contributed by atoms with Gasteiger partial charge in [0.2, 0.25) is 0 Å². The van der Waals surface area contributed by atoms with Crippen LogP contribution in [0.15, 0.2) is 24.3 Å². The van der Waals surface area contributed by atoms with E-state index < -0.39 is 0 Å². The number of hydrogen-bond acceptors (Lipinski definition) is 6. The molecule has 1 aromatic heterocycles. The molecule has 2 atom stereocenters. The summed E-state index contributed by atoms with van der Waals surface area (Å²) in [5.41, 5.74) is 1.10. The summed E-state index contributed by atoms with van der Waals surface area (Å²) in [5.74, 6) is 0. The van der Waals surface area contributed by atoms with E-state index in [-0.39, 0.29) is 6.10 Å². The topological polar surface area (TPSA) is 48.8 Å². The molecule has 2 aliphatic rings. The lowest BCUT2D eigenvalue weighted by molar-refractivity contribution is 0.00585. The van der Waals surface area contributed by atoms with Crippen LogP contribution in [0.4, 0.5) is 0 Å². The molecule has 1 N–H and O–H groups in total. The van der Waals surface area contributed by atoms with Crippen LogP contribution in [0, 0.1) is 0 Å². The molecule has 0 aliphatic carbocycles. The predicted molar refractivity (Wildman–Crippen MR) is 96.4 cm³/mol. The minimum atomic E-state index is -0.307. The summed E-state index contributed by atoms with van der Waals surface area (Å²) in [7, 11) is 0. The van der Waals surface area contributed by atoms with Crippen molar-refractivity contribution in [2.75, 3.05) is 45.9 Å². The van der Waals surface area contributed by atoms with Crippen LogP contribution in [0.2, 0.25) is 0 Å². The molecule has 0 spiro atoms. The van der Waals surface area contributed by atoms with Gasteiger partial charge in [0.25, 0.3) is 0 Å². The highest BCUT2D eigenvalue weighted by Crippen LogP contribution is 2.36. The van der Waals surface area contributed by atoms with E-state index in [1.54, 1.807) is 11.3 Å². The second kappa shape index (κ2) is 7.45. The van der Waals surface area contributed by atoms with Gasteiger partial charge in [-0.1, -0.05) is 12.1 Å². The summed E-state index contributed by atoms with van der Waals surface area (Å²) >= 11 is 1.80. The molecule has 2 aliphatic heterocycles. The first-order valence-corrected chi connectivity index (χ1v) is 9.69. The Morgan fingerprint density at radius 2 is 2.04 bits per heavy atom. The fraction of sp³-hybridized carbons (Fsp3) is 0.611. The van der Waals surface area contributed by atoms with Crippen LogP contribution in [-0.4, -0.2) is 71.9 Å². The zero-order valence-electron chi connectivity index (χ0n) is 13.9. The van der Waals surface area contributed by atoms with E-state index in [1.807, 2.05) is 6.07 Å². The molecular formula is C18H25N3O2S. The first-order chi connectivity index (χ1) is 11.8. The van der Waals surface area contributed by atoms with E-state index in [9.17, 15) is 5.11 Å². The van der Waals surface area contributed by atoms with Crippen molar-refractivity contribution in [2.24, 2.45) is 0 Å². The number of rotatable bonds is 5. The summed E-state index contributed by atoms with van der Waals surface area (Å²) in [6, 6.07) is 8.71. The maximum absolute atomic E-state index is 10.5. The van der Waals surface area contributed by atoms with E-state index in [4.69, 9.17) is 9.72 Å². The van der Waals surface area contributed by atoms with Crippen molar-refractivity contribution >= 4 is 21.6 Å². The van der Waals surface area contributed by atoms with Crippen molar-refractivity contribution in [3.8, 4) is 0 Å². The third-order valence-electron chi connectivity index (χ3n) is 4.98. The van der Waals surface area contributed by atoms with Crippen molar-refractivity contribution in [1.82, 2.24) is 14.8 Å². The number of morpholine rings is 1. The van der Waals surface area contributed by atoms with Gasteiger partial charge in [-0.2, -0.15) is 0 Å². The van der Waals surface area contributed by atoms with Gasteiger partial charge >= 0.3 is 0 Å². The van der Waals surface area contributed by atoms with Crippen LogP contribution in [0.3, 0.4) is 0 Å². The molecule has 24 heavy (non-hydrogen) atoms. The zero-order valence-corrected chi connectivity index (χ0v) is 14.7. The lowest BCUT2D eigenvalue weighted by Crippen LogP contribution is -2.44. The minimum Gasteiger partial charge on any atom is -0.390 e. The van der Waals surface area contributed by atoms with Gasteiger partial charge in [0.15, 0.2) is 0 Å². The van der Waals surface area contributed by atoms with Gasteiger partial charge in [0.05, 0.1) is 35.6 Å². The molecule has 2 fully saturated rings. The van der Waals surface area contributed by atoms with E-state index in [0.29, 0.717) is 6.04 Å². The Morgan fingerprint density at radius 1 is 1.21 bits per heavy atom. The van der Waals surface area contributed by atoms with Gasteiger partial charge in [0, 0.05) is 26.2 Å². The third kappa shape index (κ3) is 3.63. The number of thiazole rings is 1. The standard InChI is InChI=1S/C18H25N3O2S/c22-14(12-20-8-10-23-11-9-20)13-21-7-3-5-16(21)18-19-15-4-1-2-6-17(15)24-18/h1-2,4,6,14,16,22H,3,5,7-13H2/t14-,16+/m1/s1. The molecule has 4 rings (SSSR count). The highest BCUT2D eigenvalue weighted by molar-refractivity contribution is 7.18. The highest BCUT2D eigenvalue weighted by atomic mass is 32.1. The average molecular weight is 347 g/mol. The summed E-state index contributed by atoms with van der Waals surface area (Å²) < 4.78 is 6.64. The molecule has 5 nitrogen and oxygen atoms in total. The second-order valence-corrected chi connectivity index (χ2v) is 7.80. The van der Waals surface area contributed by atoms with Crippen LogP contribution in [0.1, 0.15) is 23.9 Å². The monoisotopic (exact) mass is 347 g/mol. The molecule has 0 amide bonds. The molecule has 0 saturated carbocycles. The predicted octanol–water partition coefficient (Wildman–Crippen LogP) is 2.13. The maximum atomic E-state index is 10.5. The maximum Gasteiger partial charge on any atom is 0.111 e. The van der Waals surface area contributed by atoms with Crippen molar-refractivity contribution in [3.05, 3.63) is 29.3 Å². The number of aliphatic hydroxyl groups is 1. The lowest BCUT2D eigenvalue weighted by atomic mass is 10.2. The van der Waals surface area contributed by atoms with Crippen molar-refractivity contribution in [2.45, 2.75) is 25.0 Å². The van der Waals surface area contributed by atoms with Gasteiger partial charge in [0.1, 0.15) is 5.01 Å². The van der Waals surface area contributed by atoms with E-state index in [0.717, 1.165) is 57.9 Å². The molecule has 130 valence electrons. The lowest BCUT2D eigenvalue weighted by Gasteiger charge is -2.31. The van der Waals surface area contributed by atoms with Crippen molar-refractivity contribution in [3.63, 3.8) is 0 Å². The number of aliphatic hydroxyl groups excluding tert-OH is 1. The minimum absolute atomic E-state index is 0.307. The quantitative estimate of drug-likeness (QED) is 0.898. The number of aromatic nitrogens is 1. The number of hydrogen-bond donors (Lipinski definition) is 1. The van der Waals surface area contributed by atoms with E-state index in [2.05, 4.69) is 28.0 Å². The van der Waals surface area contributed by atoms with Gasteiger partial charge in [-0.15, -0.1) is 11.3 Å². The van der Waals surface area contributed by atoms with Crippen LogP contribution < -0.4 is 0 Å². The second-order valence-electron chi connectivity index (χ2n) is 6.74. The summed E-state index contributed by atoms with van der Waals surface area (Å²) in [6.07, 6.45) is 2.02. The Bertz CT molecular complexity index is 638. The number of likely N-dealkylation sites (tertiary alicyclic amines) is 1. The SMILES string of the molecule is O[C@H](CN1CCOCC1)CN1CCC[C@H]1c1nc2ccccc2s1. The molecule has 3 heterocycles. The molecule has 0 bridgehead atoms. The molecular weight excluding hydrogens is 322 g/mol. The smallest absolute Gasteiger partial charge is 0.111 e. The number of ether oxygens (including phenoxy) is 1. The summed E-state index contributed by atoms with van der Waals surface area (Å²) in [5, 5.41) is 11.7. The highest BCUT2D eigenvalue weighted by Gasteiger charge is 2.30. The van der Waals surface area contributed by atoms with Crippen LogP contribution in [0.5, 0.6) is 0 Å². The first kappa shape index (κ1) is 16.4. The average Bonchev–Trinajstić information content (AvgIpc) is 3.21. The Labute approximate surface area is 146 Å². The molecule has 1 aromatic carbocycles. The normalized spacial score (nSPS) is 24.6. The number of nitrogens with zero attached hydrogens (tertiary/aromatic N) is 3. The summed E-state index contributed by atoms with van der Waals surface area (Å²) in [6.45, 7) is 5.96. The van der Waals surface area contributed by atoms with Crippen LogP contribution in [0.25, 0.3) is 10.2 Å². The summed E-state index contributed by atoms with van der Waals surface area (Å²) in [4.78, 5) is 9.56. The number of β-amino-alcohol motifs (C(OH)–C–C–N with tert-alkyl or cyclic N) is 1. The zero-order chi connectivity index (χ0) is 16.4. The largest absolute Gasteiger partial charge is 0.390 e. The fourth-order valence-electron chi connectivity index (χ4n) is 3.77. The van der Waals surface area contributed by atoms with Gasteiger partial charge < -0.3 is 9.84 Å². The van der Waals surface area contributed by atoms with Gasteiger partial charge in [-0.05, 0) is 31.5 Å². The van der Waals surface area contributed by atoms with Crippen molar-refractivity contribution < 1.29 is 9.84 Å². The fourth-order valence-corrected chi connectivity index (χ4v) is 4.90. The van der Waals surface area contributed by atoms with Gasteiger partial charge in [-0.25, -0.2) is 4.98 Å².